The van der Waals surface area contributed by atoms with Crippen molar-refractivity contribution in [3.63, 3.8) is 0 Å². The van der Waals surface area contributed by atoms with Crippen LogP contribution in [0.2, 0.25) is 5.02 Å². The molecule has 0 spiro atoms. The average Bonchev–Trinajstić information content (AvgIpc) is 3.37. The Kier molecular flexibility index (Phi) is 6.79. The zero-order valence-electron chi connectivity index (χ0n) is 18.4. The number of carbonyl (C=O) groups is 1. The molecule has 3 aromatic carbocycles. The van der Waals surface area contributed by atoms with Crippen LogP contribution >= 0.6 is 22.9 Å². The van der Waals surface area contributed by atoms with Gasteiger partial charge in [-0.2, -0.15) is 0 Å². The molecule has 1 aromatic heterocycles. The van der Waals surface area contributed by atoms with Crippen molar-refractivity contribution >= 4 is 34.5 Å². The molecule has 0 unspecified atom stereocenters. The summed E-state index contributed by atoms with van der Waals surface area (Å²) in [6.07, 6.45) is 1.65. The number of amides is 1. The van der Waals surface area contributed by atoms with Gasteiger partial charge in [0.1, 0.15) is 16.5 Å². The summed E-state index contributed by atoms with van der Waals surface area (Å²) in [6, 6.07) is 23.4. The van der Waals surface area contributed by atoms with E-state index in [0.29, 0.717) is 18.2 Å². The SMILES string of the molecule is O=C1COc2ccc(-c3csc(-c4ccccc4)n3)cc2N1CCCCOc1ccc(Cl)cc1. The number of ether oxygens (including phenoxy) is 2. The van der Waals surface area contributed by atoms with Gasteiger partial charge in [0, 0.05) is 28.1 Å². The summed E-state index contributed by atoms with van der Waals surface area (Å²) in [7, 11) is 0. The summed E-state index contributed by atoms with van der Waals surface area (Å²) in [4.78, 5) is 19.3. The molecule has 0 aliphatic carbocycles. The minimum absolute atomic E-state index is 0.0356. The summed E-state index contributed by atoms with van der Waals surface area (Å²) in [5.74, 6) is 1.48. The largest absolute Gasteiger partial charge is 0.494 e. The van der Waals surface area contributed by atoms with Gasteiger partial charge >= 0.3 is 0 Å². The molecule has 0 saturated heterocycles. The van der Waals surface area contributed by atoms with Crippen molar-refractivity contribution in [2.24, 2.45) is 0 Å². The lowest BCUT2D eigenvalue weighted by molar-refractivity contribution is -0.121. The first kappa shape index (κ1) is 22.4. The van der Waals surface area contributed by atoms with Crippen LogP contribution in [-0.2, 0) is 4.79 Å². The van der Waals surface area contributed by atoms with Crippen molar-refractivity contribution in [1.82, 2.24) is 4.98 Å². The highest BCUT2D eigenvalue weighted by molar-refractivity contribution is 7.13. The van der Waals surface area contributed by atoms with Crippen LogP contribution < -0.4 is 14.4 Å². The van der Waals surface area contributed by atoms with Crippen molar-refractivity contribution in [2.45, 2.75) is 12.8 Å². The Bertz CT molecular complexity index is 1270. The number of nitrogens with zero attached hydrogens (tertiary/aromatic N) is 2. The molecule has 1 amide bonds. The minimum Gasteiger partial charge on any atom is -0.494 e. The number of anilines is 1. The van der Waals surface area contributed by atoms with Gasteiger partial charge in [-0.3, -0.25) is 4.79 Å². The maximum atomic E-state index is 12.7. The molecular weight excluding hydrogens is 468 g/mol. The van der Waals surface area contributed by atoms with E-state index < -0.39 is 0 Å². The smallest absolute Gasteiger partial charge is 0.265 e. The number of thiazole rings is 1. The van der Waals surface area contributed by atoms with Gasteiger partial charge in [-0.05, 0) is 55.3 Å². The highest BCUT2D eigenvalue weighted by atomic mass is 35.5. The Morgan fingerprint density at radius 2 is 1.82 bits per heavy atom. The van der Waals surface area contributed by atoms with Crippen LogP contribution in [0.15, 0.2) is 78.2 Å². The number of fused-ring (bicyclic) bond motifs is 1. The second-order valence-electron chi connectivity index (χ2n) is 7.93. The number of benzene rings is 3. The van der Waals surface area contributed by atoms with Gasteiger partial charge in [0.15, 0.2) is 6.61 Å². The average molecular weight is 491 g/mol. The highest BCUT2D eigenvalue weighted by Gasteiger charge is 2.26. The lowest BCUT2D eigenvalue weighted by Crippen LogP contribution is -2.39. The van der Waals surface area contributed by atoms with Gasteiger partial charge < -0.3 is 14.4 Å². The van der Waals surface area contributed by atoms with Gasteiger partial charge in [0.25, 0.3) is 5.91 Å². The normalized spacial score (nSPS) is 12.9. The molecule has 172 valence electrons. The topological polar surface area (TPSA) is 51.7 Å². The molecule has 0 radical (unpaired) electrons. The van der Waals surface area contributed by atoms with Gasteiger partial charge in [0.2, 0.25) is 0 Å². The first-order valence-corrected chi connectivity index (χ1v) is 12.4. The van der Waals surface area contributed by atoms with E-state index in [2.05, 4.69) is 12.1 Å². The zero-order valence-corrected chi connectivity index (χ0v) is 20.0. The molecule has 34 heavy (non-hydrogen) atoms. The third-order valence-electron chi connectivity index (χ3n) is 5.58. The highest BCUT2D eigenvalue weighted by Crippen LogP contribution is 2.37. The molecular formula is C27H23ClN2O3S. The molecule has 1 aliphatic heterocycles. The Hall–Kier alpha value is -3.35. The summed E-state index contributed by atoms with van der Waals surface area (Å²) in [6.45, 7) is 1.24. The van der Waals surface area contributed by atoms with Crippen LogP contribution in [-0.4, -0.2) is 30.6 Å². The molecule has 1 aliphatic rings. The van der Waals surface area contributed by atoms with E-state index in [1.165, 1.54) is 0 Å². The number of halogens is 1. The molecule has 7 heteroatoms. The molecule has 5 rings (SSSR count). The van der Waals surface area contributed by atoms with Crippen LogP contribution in [0.5, 0.6) is 11.5 Å². The van der Waals surface area contributed by atoms with Crippen LogP contribution in [0, 0.1) is 0 Å². The van der Waals surface area contributed by atoms with Crippen molar-refractivity contribution in [3.05, 3.63) is 83.2 Å². The number of rotatable bonds is 8. The zero-order chi connectivity index (χ0) is 23.3. The molecule has 0 bridgehead atoms. The maximum Gasteiger partial charge on any atom is 0.265 e. The van der Waals surface area contributed by atoms with E-state index in [1.807, 2.05) is 70.9 Å². The Balaban J connectivity index is 1.26. The maximum absolute atomic E-state index is 12.7. The Morgan fingerprint density at radius 3 is 2.65 bits per heavy atom. The number of unbranched alkanes of at least 4 members (excludes halogenated alkanes) is 1. The number of aromatic nitrogens is 1. The van der Waals surface area contributed by atoms with Crippen molar-refractivity contribution < 1.29 is 14.3 Å². The first-order valence-electron chi connectivity index (χ1n) is 11.1. The van der Waals surface area contributed by atoms with E-state index in [9.17, 15) is 4.79 Å². The van der Waals surface area contributed by atoms with Crippen LogP contribution in [0.25, 0.3) is 21.8 Å². The van der Waals surface area contributed by atoms with Crippen molar-refractivity contribution in [3.8, 4) is 33.3 Å². The number of hydrogen-bond donors (Lipinski definition) is 0. The number of hydrogen-bond acceptors (Lipinski definition) is 5. The van der Waals surface area contributed by atoms with E-state index in [0.717, 1.165) is 51.9 Å². The van der Waals surface area contributed by atoms with Crippen LogP contribution in [0.1, 0.15) is 12.8 Å². The molecule has 2 heterocycles. The summed E-state index contributed by atoms with van der Waals surface area (Å²) in [5, 5.41) is 3.71. The second-order valence-corrected chi connectivity index (χ2v) is 9.22. The van der Waals surface area contributed by atoms with E-state index in [4.69, 9.17) is 26.1 Å². The third kappa shape index (κ3) is 5.08. The van der Waals surface area contributed by atoms with Crippen molar-refractivity contribution in [2.75, 3.05) is 24.7 Å². The standard InChI is InChI=1S/C27H23ClN2O3S/c28-21-9-11-22(12-10-21)32-15-5-4-14-30-24-16-20(8-13-25(24)33-17-26(30)31)23-18-34-27(29-23)19-6-2-1-3-7-19/h1-3,6-13,16,18H,4-5,14-15,17H2. The number of carbonyl (C=O) groups excluding carboxylic acids is 1. The van der Waals surface area contributed by atoms with Gasteiger partial charge in [-0.1, -0.05) is 41.9 Å². The lowest BCUT2D eigenvalue weighted by atomic mass is 10.1. The predicted molar refractivity (Wildman–Crippen MR) is 137 cm³/mol. The van der Waals surface area contributed by atoms with E-state index >= 15 is 0 Å². The van der Waals surface area contributed by atoms with Crippen LogP contribution in [0.3, 0.4) is 0 Å². The molecule has 4 aromatic rings. The lowest BCUT2D eigenvalue weighted by Gasteiger charge is -2.29. The Labute approximate surface area is 207 Å². The molecule has 0 N–H and O–H groups in total. The quantitative estimate of drug-likeness (QED) is 0.257. The monoisotopic (exact) mass is 490 g/mol. The van der Waals surface area contributed by atoms with E-state index in [1.54, 1.807) is 11.3 Å². The summed E-state index contributed by atoms with van der Waals surface area (Å²) < 4.78 is 11.5. The fraction of sp³-hybridized carbons (Fsp3) is 0.185. The fourth-order valence-corrected chi connectivity index (χ4v) is 4.78. The van der Waals surface area contributed by atoms with Crippen LogP contribution in [0.4, 0.5) is 5.69 Å². The van der Waals surface area contributed by atoms with Crippen molar-refractivity contribution in [1.29, 1.82) is 0 Å². The van der Waals surface area contributed by atoms with Gasteiger partial charge in [-0.15, -0.1) is 11.3 Å². The predicted octanol–water partition coefficient (Wildman–Crippen LogP) is 6.72. The van der Waals surface area contributed by atoms with Gasteiger partial charge in [0.05, 0.1) is 18.0 Å². The first-order chi connectivity index (χ1) is 16.7. The fourth-order valence-electron chi connectivity index (χ4n) is 3.82. The second kappa shape index (κ2) is 10.3. The van der Waals surface area contributed by atoms with Gasteiger partial charge in [-0.25, -0.2) is 4.98 Å². The van der Waals surface area contributed by atoms with E-state index in [-0.39, 0.29) is 12.5 Å². The summed E-state index contributed by atoms with van der Waals surface area (Å²) >= 11 is 7.52. The Morgan fingerprint density at radius 1 is 1.00 bits per heavy atom. The molecule has 5 nitrogen and oxygen atoms in total. The molecule has 0 saturated carbocycles. The molecule has 0 atom stereocenters. The third-order valence-corrected chi connectivity index (χ3v) is 6.72. The molecule has 0 fully saturated rings. The summed E-state index contributed by atoms with van der Waals surface area (Å²) in [5.41, 5.74) is 3.74. The minimum atomic E-state index is -0.0356.